The van der Waals surface area contributed by atoms with Crippen molar-refractivity contribution in [3.8, 4) is 0 Å². The predicted octanol–water partition coefficient (Wildman–Crippen LogP) is 3.40. The van der Waals surface area contributed by atoms with Crippen molar-refractivity contribution >= 4 is 34.6 Å². The number of rotatable bonds is 4. The standard InChI is InChI=1S/C12H14Cl2N4/c1-2-18-6-5-8(17-18)7-16-10-4-3-9(13)11(14)12(10)15/h3-6,16H,2,7,15H2,1H3. The molecule has 3 N–H and O–H groups in total. The van der Waals surface area contributed by atoms with Gasteiger partial charge in [-0.25, -0.2) is 0 Å². The highest BCUT2D eigenvalue weighted by Gasteiger charge is 2.07. The van der Waals surface area contributed by atoms with Gasteiger partial charge in [0, 0.05) is 12.7 Å². The summed E-state index contributed by atoms with van der Waals surface area (Å²) in [5.41, 5.74) is 8.04. The average Bonchev–Trinajstić information content (AvgIpc) is 2.83. The number of halogens is 2. The molecule has 1 aromatic heterocycles. The molecule has 2 aromatic rings. The molecule has 0 radical (unpaired) electrons. The molecule has 96 valence electrons. The monoisotopic (exact) mass is 284 g/mol. The fourth-order valence-electron chi connectivity index (χ4n) is 1.58. The lowest BCUT2D eigenvalue weighted by atomic mass is 10.2. The van der Waals surface area contributed by atoms with Crippen LogP contribution in [0, 0.1) is 0 Å². The normalized spacial score (nSPS) is 10.6. The summed E-state index contributed by atoms with van der Waals surface area (Å²) in [6.45, 7) is 3.49. The van der Waals surface area contributed by atoms with E-state index in [-0.39, 0.29) is 0 Å². The van der Waals surface area contributed by atoms with E-state index in [0.717, 1.165) is 17.9 Å². The van der Waals surface area contributed by atoms with Crippen LogP contribution >= 0.6 is 23.2 Å². The number of nitrogens with one attached hydrogen (secondary N) is 1. The summed E-state index contributed by atoms with van der Waals surface area (Å²) < 4.78 is 1.87. The highest BCUT2D eigenvalue weighted by atomic mass is 35.5. The van der Waals surface area contributed by atoms with E-state index in [1.165, 1.54) is 0 Å². The highest BCUT2D eigenvalue weighted by Crippen LogP contribution is 2.33. The Hall–Kier alpha value is -1.39. The summed E-state index contributed by atoms with van der Waals surface area (Å²) in [5, 5.41) is 8.39. The second kappa shape index (κ2) is 5.50. The topological polar surface area (TPSA) is 55.9 Å². The van der Waals surface area contributed by atoms with Crippen molar-refractivity contribution in [2.75, 3.05) is 11.1 Å². The molecule has 2 rings (SSSR count). The quantitative estimate of drug-likeness (QED) is 0.846. The Morgan fingerprint density at radius 1 is 1.33 bits per heavy atom. The summed E-state index contributed by atoms with van der Waals surface area (Å²) in [6, 6.07) is 5.48. The van der Waals surface area contributed by atoms with Gasteiger partial charge < -0.3 is 11.1 Å². The Morgan fingerprint density at radius 3 is 2.78 bits per heavy atom. The summed E-state index contributed by atoms with van der Waals surface area (Å²) in [5.74, 6) is 0. The molecule has 0 atom stereocenters. The van der Waals surface area contributed by atoms with Gasteiger partial charge in [-0.1, -0.05) is 23.2 Å². The third-order valence-electron chi connectivity index (χ3n) is 2.61. The molecule has 0 saturated heterocycles. The zero-order chi connectivity index (χ0) is 13.1. The van der Waals surface area contributed by atoms with Gasteiger partial charge in [0.2, 0.25) is 0 Å². The number of benzene rings is 1. The van der Waals surface area contributed by atoms with Gasteiger partial charge in [0.05, 0.1) is 33.7 Å². The zero-order valence-electron chi connectivity index (χ0n) is 9.95. The maximum absolute atomic E-state index is 5.97. The van der Waals surface area contributed by atoms with Crippen molar-refractivity contribution in [3.05, 3.63) is 40.1 Å². The summed E-state index contributed by atoms with van der Waals surface area (Å²) in [6.07, 6.45) is 1.94. The molecule has 6 heteroatoms. The largest absolute Gasteiger partial charge is 0.396 e. The molecule has 18 heavy (non-hydrogen) atoms. The van der Waals surface area contributed by atoms with Crippen LogP contribution < -0.4 is 11.1 Å². The van der Waals surface area contributed by atoms with Crippen LogP contribution in [-0.2, 0) is 13.1 Å². The molecule has 0 saturated carbocycles. The van der Waals surface area contributed by atoms with Crippen LogP contribution in [0.3, 0.4) is 0 Å². The van der Waals surface area contributed by atoms with E-state index < -0.39 is 0 Å². The minimum Gasteiger partial charge on any atom is -0.396 e. The van der Waals surface area contributed by atoms with Crippen molar-refractivity contribution in [3.63, 3.8) is 0 Å². The lowest BCUT2D eigenvalue weighted by Crippen LogP contribution is -2.04. The molecular weight excluding hydrogens is 271 g/mol. The van der Waals surface area contributed by atoms with Crippen LogP contribution in [-0.4, -0.2) is 9.78 Å². The molecule has 0 aliphatic carbocycles. The van der Waals surface area contributed by atoms with Crippen LogP contribution in [0.15, 0.2) is 24.4 Å². The number of aryl methyl sites for hydroxylation is 1. The molecule has 0 amide bonds. The molecule has 1 heterocycles. The van der Waals surface area contributed by atoms with Crippen LogP contribution in [0.2, 0.25) is 10.0 Å². The van der Waals surface area contributed by atoms with Gasteiger partial charge in [-0.05, 0) is 25.1 Å². The van der Waals surface area contributed by atoms with Gasteiger partial charge in [-0.2, -0.15) is 5.10 Å². The average molecular weight is 285 g/mol. The Bertz CT molecular complexity index is 551. The number of hydrogen-bond acceptors (Lipinski definition) is 3. The summed E-state index contributed by atoms with van der Waals surface area (Å²) >= 11 is 11.8. The van der Waals surface area contributed by atoms with Crippen LogP contribution in [0.25, 0.3) is 0 Å². The van der Waals surface area contributed by atoms with Gasteiger partial charge in [-0.3, -0.25) is 4.68 Å². The maximum Gasteiger partial charge on any atom is 0.0842 e. The Balaban J connectivity index is 2.08. The van der Waals surface area contributed by atoms with E-state index in [1.54, 1.807) is 12.1 Å². The fraction of sp³-hybridized carbons (Fsp3) is 0.250. The molecule has 0 spiro atoms. The molecule has 1 aromatic carbocycles. The molecular formula is C12H14Cl2N4. The first-order chi connectivity index (χ1) is 8.61. The second-order valence-electron chi connectivity index (χ2n) is 3.84. The lowest BCUT2D eigenvalue weighted by molar-refractivity contribution is 0.649. The SMILES string of the molecule is CCn1ccc(CNc2ccc(Cl)c(Cl)c2N)n1. The van der Waals surface area contributed by atoms with Crippen LogP contribution in [0.1, 0.15) is 12.6 Å². The Labute approximate surface area is 116 Å². The first-order valence-electron chi connectivity index (χ1n) is 5.61. The number of aromatic nitrogens is 2. The minimum absolute atomic E-state index is 0.376. The van der Waals surface area contributed by atoms with E-state index in [0.29, 0.717) is 22.3 Å². The van der Waals surface area contributed by atoms with Gasteiger partial charge in [0.15, 0.2) is 0 Å². The summed E-state index contributed by atoms with van der Waals surface area (Å²) in [7, 11) is 0. The van der Waals surface area contributed by atoms with Crippen molar-refractivity contribution in [2.45, 2.75) is 20.0 Å². The van der Waals surface area contributed by atoms with E-state index >= 15 is 0 Å². The lowest BCUT2D eigenvalue weighted by Gasteiger charge is -2.10. The number of hydrogen-bond donors (Lipinski definition) is 2. The third-order valence-corrected chi connectivity index (χ3v) is 3.43. The number of anilines is 2. The van der Waals surface area contributed by atoms with Crippen molar-refractivity contribution in [1.82, 2.24) is 9.78 Å². The van der Waals surface area contributed by atoms with Crippen LogP contribution in [0.4, 0.5) is 11.4 Å². The highest BCUT2D eigenvalue weighted by molar-refractivity contribution is 6.44. The molecule has 0 fully saturated rings. The van der Waals surface area contributed by atoms with E-state index in [4.69, 9.17) is 28.9 Å². The van der Waals surface area contributed by atoms with Crippen molar-refractivity contribution in [2.24, 2.45) is 0 Å². The van der Waals surface area contributed by atoms with Gasteiger partial charge in [0.25, 0.3) is 0 Å². The molecule has 0 aliphatic heterocycles. The molecule has 4 nitrogen and oxygen atoms in total. The Kier molecular flexibility index (Phi) is 3.99. The number of nitrogens with zero attached hydrogens (tertiary/aromatic N) is 2. The predicted molar refractivity (Wildman–Crippen MR) is 76.1 cm³/mol. The minimum atomic E-state index is 0.376. The smallest absolute Gasteiger partial charge is 0.0842 e. The van der Waals surface area contributed by atoms with E-state index in [1.807, 2.05) is 23.9 Å². The number of nitrogens with two attached hydrogens (primary N) is 1. The second-order valence-corrected chi connectivity index (χ2v) is 4.62. The van der Waals surface area contributed by atoms with E-state index in [9.17, 15) is 0 Å². The van der Waals surface area contributed by atoms with Gasteiger partial charge >= 0.3 is 0 Å². The zero-order valence-corrected chi connectivity index (χ0v) is 11.5. The third kappa shape index (κ3) is 2.71. The fourth-order valence-corrected chi connectivity index (χ4v) is 1.91. The van der Waals surface area contributed by atoms with Gasteiger partial charge in [-0.15, -0.1) is 0 Å². The number of nitrogen functional groups attached to an aromatic ring is 1. The first-order valence-corrected chi connectivity index (χ1v) is 6.37. The molecule has 0 bridgehead atoms. The van der Waals surface area contributed by atoms with E-state index in [2.05, 4.69) is 10.4 Å². The Morgan fingerprint density at radius 2 is 2.11 bits per heavy atom. The summed E-state index contributed by atoms with van der Waals surface area (Å²) in [4.78, 5) is 0. The first kappa shape index (κ1) is 13.1. The molecule has 0 unspecified atom stereocenters. The van der Waals surface area contributed by atoms with Crippen molar-refractivity contribution in [1.29, 1.82) is 0 Å². The van der Waals surface area contributed by atoms with Gasteiger partial charge in [0.1, 0.15) is 0 Å². The molecule has 0 aliphatic rings. The van der Waals surface area contributed by atoms with Crippen LogP contribution in [0.5, 0.6) is 0 Å². The maximum atomic E-state index is 5.97. The van der Waals surface area contributed by atoms with Crippen molar-refractivity contribution < 1.29 is 0 Å².